The summed E-state index contributed by atoms with van der Waals surface area (Å²) in [5.41, 5.74) is 0.908. The third kappa shape index (κ3) is 2.71. The van der Waals surface area contributed by atoms with Crippen molar-refractivity contribution in [2.24, 2.45) is 18.9 Å². The molecule has 3 heteroatoms. The molecule has 16 heavy (non-hydrogen) atoms. The normalized spacial score (nSPS) is 25.6. The molecular weight excluding hydrogens is 200 g/mol. The lowest BCUT2D eigenvalue weighted by atomic mass is 9.80. The predicted molar refractivity (Wildman–Crippen MR) is 63.0 cm³/mol. The van der Waals surface area contributed by atoms with Gasteiger partial charge >= 0.3 is 0 Å². The molecule has 0 aromatic carbocycles. The molecule has 1 aliphatic carbocycles. The van der Waals surface area contributed by atoms with Gasteiger partial charge < -0.3 is 0 Å². The van der Waals surface area contributed by atoms with E-state index in [2.05, 4.69) is 12.0 Å². The number of hydrogen-bond acceptors (Lipinski definition) is 2. The van der Waals surface area contributed by atoms with Crippen molar-refractivity contribution in [1.29, 1.82) is 0 Å². The largest absolute Gasteiger partial charge is 0.299 e. The molecule has 1 aromatic rings. The number of rotatable bonds is 3. The average Bonchev–Trinajstić information content (AvgIpc) is 2.65. The van der Waals surface area contributed by atoms with Crippen molar-refractivity contribution in [2.75, 3.05) is 0 Å². The first-order chi connectivity index (χ1) is 7.65. The van der Waals surface area contributed by atoms with E-state index in [1.165, 1.54) is 12.8 Å². The van der Waals surface area contributed by atoms with Crippen LogP contribution in [0.2, 0.25) is 0 Å². The minimum atomic E-state index is 0.290. The van der Waals surface area contributed by atoms with Gasteiger partial charge in [-0.25, -0.2) is 0 Å². The highest BCUT2D eigenvalue weighted by Crippen LogP contribution is 2.29. The van der Waals surface area contributed by atoms with E-state index >= 15 is 0 Å². The Morgan fingerprint density at radius 1 is 1.44 bits per heavy atom. The summed E-state index contributed by atoms with van der Waals surface area (Å²) in [6, 6.07) is 1.93. The van der Waals surface area contributed by atoms with Crippen LogP contribution < -0.4 is 0 Å². The lowest BCUT2D eigenvalue weighted by Gasteiger charge is -2.24. The molecular formula is C13H20N2O. The SMILES string of the molecule is CC1CCC(C(=O)Cc2ccn(C)n2)CC1. The molecule has 1 heterocycles. The van der Waals surface area contributed by atoms with Gasteiger partial charge in [0.25, 0.3) is 0 Å². The molecule has 0 spiro atoms. The number of carbonyl (C=O) groups is 1. The topological polar surface area (TPSA) is 34.9 Å². The zero-order valence-electron chi connectivity index (χ0n) is 10.1. The minimum absolute atomic E-state index is 0.290. The third-order valence-corrected chi connectivity index (χ3v) is 3.60. The number of ketones is 1. The van der Waals surface area contributed by atoms with Crippen LogP contribution >= 0.6 is 0 Å². The predicted octanol–water partition coefficient (Wildman–Crippen LogP) is 2.36. The summed E-state index contributed by atoms with van der Waals surface area (Å²) in [6.45, 7) is 2.28. The second-order valence-corrected chi connectivity index (χ2v) is 5.08. The summed E-state index contributed by atoms with van der Waals surface area (Å²) in [4.78, 5) is 12.0. The van der Waals surface area contributed by atoms with Gasteiger partial charge in [0.05, 0.1) is 12.1 Å². The number of carbonyl (C=O) groups excluding carboxylic acids is 1. The average molecular weight is 220 g/mol. The maximum atomic E-state index is 12.0. The molecule has 0 saturated heterocycles. The summed E-state index contributed by atoms with van der Waals surface area (Å²) in [7, 11) is 1.89. The molecule has 0 N–H and O–H groups in total. The minimum Gasteiger partial charge on any atom is -0.299 e. The quantitative estimate of drug-likeness (QED) is 0.783. The van der Waals surface area contributed by atoms with Crippen LogP contribution in [0.15, 0.2) is 12.3 Å². The molecule has 0 amide bonds. The highest BCUT2D eigenvalue weighted by Gasteiger charge is 2.24. The van der Waals surface area contributed by atoms with Crippen LogP contribution in [0.1, 0.15) is 38.3 Å². The third-order valence-electron chi connectivity index (χ3n) is 3.60. The summed E-state index contributed by atoms with van der Waals surface area (Å²) in [6.07, 6.45) is 6.97. The van der Waals surface area contributed by atoms with Crippen molar-refractivity contribution in [1.82, 2.24) is 9.78 Å². The second kappa shape index (κ2) is 4.81. The maximum Gasteiger partial charge on any atom is 0.141 e. The van der Waals surface area contributed by atoms with Gasteiger partial charge in [-0.3, -0.25) is 9.48 Å². The lowest BCUT2D eigenvalue weighted by molar-refractivity contribution is -0.123. The Morgan fingerprint density at radius 2 is 2.12 bits per heavy atom. The molecule has 0 atom stereocenters. The summed E-state index contributed by atoms with van der Waals surface area (Å²) >= 11 is 0. The van der Waals surface area contributed by atoms with Gasteiger partial charge in [-0.15, -0.1) is 0 Å². The Morgan fingerprint density at radius 3 is 2.69 bits per heavy atom. The first kappa shape index (κ1) is 11.4. The van der Waals surface area contributed by atoms with E-state index in [9.17, 15) is 4.79 Å². The Kier molecular flexibility index (Phi) is 3.42. The molecule has 0 radical (unpaired) electrons. The van der Waals surface area contributed by atoms with Crippen molar-refractivity contribution in [3.63, 3.8) is 0 Å². The van der Waals surface area contributed by atoms with Crippen molar-refractivity contribution < 1.29 is 4.79 Å². The van der Waals surface area contributed by atoms with Crippen molar-refractivity contribution in [3.8, 4) is 0 Å². The number of Topliss-reactive ketones (excluding diaryl/α,β-unsaturated/α-hetero) is 1. The highest BCUT2D eigenvalue weighted by molar-refractivity contribution is 5.82. The molecule has 1 aliphatic rings. The van der Waals surface area contributed by atoms with Gasteiger partial charge in [0, 0.05) is 19.2 Å². The van der Waals surface area contributed by atoms with Gasteiger partial charge in [0.15, 0.2) is 0 Å². The van der Waals surface area contributed by atoms with E-state index in [0.29, 0.717) is 18.1 Å². The standard InChI is InChI=1S/C13H20N2O/c1-10-3-5-11(6-4-10)13(16)9-12-7-8-15(2)14-12/h7-8,10-11H,3-6,9H2,1-2H3. The fourth-order valence-electron chi connectivity index (χ4n) is 2.46. The monoisotopic (exact) mass is 220 g/mol. The zero-order chi connectivity index (χ0) is 11.5. The van der Waals surface area contributed by atoms with Crippen LogP contribution in [-0.4, -0.2) is 15.6 Å². The van der Waals surface area contributed by atoms with E-state index < -0.39 is 0 Å². The first-order valence-electron chi connectivity index (χ1n) is 6.16. The number of hydrogen-bond donors (Lipinski definition) is 0. The van der Waals surface area contributed by atoms with Crippen LogP contribution in [-0.2, 0) is 18.3 Å². The molecule has 1 aromatic heterocycles. The molecule has 0 bridgehead atoms. The van der Waals surface area contributed by atoms with Crippen LogP contribution in [0.3, 0.4) is 0 Å². The number of aromatic nitrogens is 2. The first-order valence-corrected chi connectivity index (χ1v) is 6.16. The van der Waals surface area contributed by atoms with Gasteiger partial charge in [0.1, 0.15) is 5.78 Å². The van der Waals surface area contributed by atoms with Gasteiger partial charge in [0.2, 0.25) is 0 Å². The smallest absolute Gasteiger partial charge is 0.141 e. The molecule has 1 fully saturated rings. The van der Waals surface area contributed by atoms with Gasteiger partial charge in [-0.2, -0.15) is 5.10 Å². The van der Waals surface area contributed by atoms with Gasteiger partial charge in [-0.05, 0) is 24.8 Å². The molecule has 3 nitrogen and oxygen atoms in total. The van der Waals surface area contributed by atoms with Crippen molar-refractivity contribution >= 4 is 5.78 Å². The Bertz CT molecular complexity index is 362. The van der Waals surface area contributed by atoms with Crippen LogP contribution in [0.5, 0.6) is 0 Å². The molecule has 2 rings (SSSR count). The van der Waals surface area contributed by atoms with E-state index in [-0.39, 0.29) is 0 Å². The summed E-state index contributed by atoms with van der Waals surface area (Å²) < 4.78 is 1.76. The molecule has 0 unspecified atom stereocenters. The highest BCUT2D eigenvalue weighted by atomic mass is 16.1. The lowest BCUT2D eigenvalue weighted by Crippen LogP contribution is -2.22. The Balaban J connectivity index is 1.88. The Labute approximate surface area is 96.8 Å². The molecule has 0 aliphatic heterocycles. The summed E-state index contributed by atoms with van der Waals surface area (Å²) in [5.74, 6) is 1.47. The fourth-order valence-corrected chi connectivity index (χ4v) is 2.46. The fraction of sp³-hybridized carbons (Fsp3) is 0.692. The van der Waals surface area contributed by atoms with Crippen molar-refractivity contribution in [2.45, 2.75) is 39.0 Å². The van der Waals surface area contributed by atoms with E-state index in [4.69, 9.17) is 0 Å². The maximum absolute atomic E-state index is 12.0. The number of aryl methyl sites for hydroxylation is 1. The van der Waals surface area contributed by atoms with E-state index in [1.54, 1.807) is 4.68 Å². The molecule has 88 valence electrons. The Hall–Kier alpha value is -1.12. The summed E-state index contributed by atoms with van der Waals surface area (Å²) in [5, 5.41) is 4.26. The van der Waals surface area contributed by atoms with Gasteiger partial charge in [-0.1, -0.05) is 19.8 Å². The van der Waals surface area contributed by atoms with Crippen LogP contribution in [0.4, 0.5) is 0 Å². The molecule has 1 saturated carbocycles. The van der Waals surface area contributed by atoms with E-state index in [0.717, 1.165) is 24.5 Å². The second-order valence-electron chi connectivity index (χ2n) is 5.08. The zero-order valence-corrected chi connectivity index (χ0v) is 10.1. The number of nitrogens with zero attached hydrogens (tertiary/aromatic N) is 2. The van der Waals surface area contributed by atoms with Crippen molar-refractivity contribution in [3.05, 3.63) is 18.0 Å². The van der Waals surface area contributed by atoms with Crippen LogP contribution in [0.25, 0.3) is 0 Å². The van der Waals surface area contributed by atoms with Crippen LogP contribution in [0, 0.1) is 11.8 Å². The van der Waals surface area contributed by atoms with E-state index in [1.807, 2.05) is 19.3 Å².